The predicted molar refractivity (Wildman–Crippen MR) is 148 cm³/mol. The number of pyridine rings is 1. The largest absolute Gasteiger partial charge is 0.446 e. The Morgan fingerprint density at radius 2 is 1.88 bits per heavy atom. The molecule has 0 fully saturated rings. The van der Waals surface area contributed by atoms with Crippen molar-refractivity contribution in [1.29, 1.82) is 0 Å². The van der Waals surface area contributed by atoms with Crippen LogP contribution in [0, 0.1) is 0 Å². The number of thiazole rings is 1. The Labute approximate surface area is 240 Å². The number of hydrogen-bond donors (Lipinski definition) is 1. The molecule has 0 aliphatic rings. The standard InChI is InChI=1S/C26H22BrN7O5S/c1-14(38-26(28)36)9-15-5-3-4-6-17(15)22-32-33-24(39-22)19-11-16(10-18(30-19)23-29-7-8-37-23)25(35)34(2)12-21-31-20(27)13-40-21/h3-8,10-11,13-14H,9,12H2,1-2H3,(H2,28,36)/t14-/m1/s1. The molecule has 14 heteroatoms. The molecule has 0 spiro atoms. The molecule has 2 N–H and O–H groups in total. The normalized spacial score (nSPS) is 11.8. The third kappa shape index (κ3) is 6.24. The first-order valence-electron chi connectivity index (χ1n) is 11.9. The van der Waals surface area contributed by atoms with Crippen LogP contribution in [0.15, 0.2) is 67.7 Å². The van der Waals surface area contributed by atoms with E-state index in [9.17, 15) is 9.59 Å². The summed E-state index contributed by atoms with van der Waals surface area (Å²) >= 11 is 4.78. The van der Waals surface area contributed by atoms with Crippen LogP contribution in [0.5, 0.6) is 0 Å². The molecular weight excluding hydrogens is 602 g/mol. The second kappa shape index (κ2) is 11.8. The number of primary amides is 1. The summed E-state index contributed by atoms with van der Waals surface area (Å²) in [5.41, 5.74) is 7.56. The fraction of sp³-hybridized carbons (Fsp3) is 0.192. The highest BCUT2D eigenvalue weighted by molar-refractivity contribution is 9.10. The third-order valence-electron chi connectivity index (χ3n) is 5.68. The minimum atomic E-state index is -0.849. The molecule has 0 aliphatic carbocycles. The maximum absolute atomic E-state index is 13.4. The van der Waals surface area contributed by atoms with Gasteiger partial charge >= 0.3 is 6.09 Å². The molecule has 1 atom stereocenters. The number of rotatable bonds is 9. The van der Waals surface area contributed by atoms with E-state index in [-0.39, 0.29) is 29.3 Å². The van der Waals surface area contributed by atoms with E-state index in [2.05, 4.69) is 41.1 Å². The average Bonchev–Trinajstić information content (AvgIpc) is 3.70. The lowest BCUT2D eigenvalue weighted by molar-refractivity contribution is 0.0784. The molecule has 0 aliphatic heterocycles. The van der Waals surface area contributed by atoms with Crippen LogP contribution in [0.2, 0.25) is 0 Å². The van der Waals surface area contributed by atoms with E-state index in [0.717, 1.165) is 10.6 Å². The van der Waals surface area contributed by atoms with Crippen LogP contribution in [0.4, 0.5) is 4.79 Å². The molecule has 4 aromatic heterocycles. The van der Waals surface area contributed by atoms with Gasteiger partial charge in [-0.25, -0.2) is 19.7 Å². The van der Waals surface area contributed by atoms with Crippen molar-refractivity contribution in [2.24, 2.45) is 5.73 Å². The zero-order chi connectivity index (χ0) is 28.2. The first-order chi connectivity index (χ1) is 19.3. The molecule has 2 amide bonds. The monoisotopic (exact) mass is 623 g/mol. The average molecular weight is 624 g/mol. The number of halogens is 1. The van der Waals surface area contributed by atoms with Crippen molar-refractivity contribution in [3.8, 4) is 34.6 Å². The Balaban J connectivity index is 1.47. The number of ether oxygens (including phenoxy) is 1. The number of benzene rings is 1. The number of carbonyl (C=O) groups is 2. The molecule has 1 aromatic carbocycles. The number of carbonyl (C=O) groups excluding carboxylic acids is 2. The summed E-state index contributed by atoms with van der Waals surface area (Å²) < 4.78 is 17.2. The summed E-state index contributed by atoms with van der Waals surface area (Å²) in [5.74, 6) is 0.298. The molecule has 0 bridgehead atoms. The molecule has 0 saturated carbocycles. The summed E-state index contributed by atoms with van der Waals surface area (Å²) in [5, 5.41) is 11.0. The van der Waals surface area contributed by atoms with Gasteiger partial charge in [-0.15, -0.1) is 21.5 Å². The lowest BCUT2D eigenvalue weighted by Gasteiger charge is -2.16. The Bertz CT molecular complexity index is 1650. The number of amides is 2. The minimum Gasteiger partial charge on any atom is -0.446 e. The van der Waals surface area contributed by atoms with E-state index < -0.39 is 12.2 Å². The molecule has 5 rings (SSSR count). The molecule has 12 nitrogen and oxygen atoms in total. The van der Waals surface area contributed by atoms with E-state index in [4.69, 9.17) is 19.3 Å². The van der Waals surface area contributed by atoms with Crippen molar-refractivity contribution in [3.63, 3.8) is 0 Å². The van der Waals surface area contributed by atoms with Crippen LogP contribution in [-0.2, 0) is 17.7 Å². The van der Waals surface area contributed by atoms with Gasteiger partial charge in [0.05, 0.1) is 12.7 Å². The summed E-state index contributed by atoms with van der Waals surface area (Å²) in [4.78, 5) is 39.2. The van der Waals surface area contributed by atoms with Crippen molar-refractivity contribution in [1.82, 2.24) is 30.0 Å². The summed E-state index contributed by atoms with van der Waals surface area (Å²) in [6.45, 7) is 2.06. The van der Waals surface area contributed by atoms with Crippen LogP contribution >= 0.6 is 27.3 Å². The van der Waals surface area contributed by atoms with Gasteiger partial charge in [0.25, 0.3) is 11.8 Å². The number of oxazole rings is 1. The van der Waals surface area contributed by atoms with Gasteiger partial charge in [-0.1, -0.05) is 18.2 Å². The number of nitrogens with zero attached hydrogens (tertiary/aromatic N) is 6. The quantitative estimate of drug-likeness (QED) is 0.237. The highest BCUT2D eigenvalue weighted by Gasteiger charge is 2.22. The molecule has 204 valence electrons. The maximum atomic E-state index is 13.4. The fourth-order valence-electron chi connectivity index (χ4n) is 3.97. The molecule has 4 heterocycles. The van der Waals surface area contributed by atoms with Crippen molar-refractivity contribution in [2.75, 3.05) is 7.05 Å². The van der Waals surface area contributed by atoms with Crippen LogP contribution in [0.3, 0.4) is 0 Å². The van der Waals surface area contributed by atoms with Crippen LogP contribution in [-0.4, -0.2) is 55.2 Å². The molecule has 0 saturated heterocycles. The van der Waals surface area contributed by atoms with Gasteiger partial charge in [0.15, 0.2) is 0 Å². The van der Waals surface area contributed by atoms with Gasteiger partial charge < -0.3 is 24.2 Å². The second-order valence-electron chi connectivity index (χ2n) is 8.71. The van der Waals surface area contributed by atoms with Crippen molar-refractivity contribution in [2.45, 2.75) is 26.0 Å². The van der Waals surface area contributed by atoms with E-state index in [0.29, 0.717) is 34.4 Å². The van der Waals surface area contributed by atoms with Gasteiger partial charge in [0.2, 0.25) is 11.8 Å². The molecule has 40 heavy (non-hydrogen) atoms. The summed E-state index contributed by atoms with van der Waals surface area (Å²) in [6, 6.07) is 10.6. The highest BCUT2D eigenvalue weighted by atomic mass is 79.9. The van der Waals surface area contributed by atoms with Crippen molar-refractivity contribution >= 4 is 39.3 Å². The molecule has 5 aromatic rings. The molecule has 0 unspecified atom stereocenters. The summed E-state index contributed by atoms with van der Waals surface area (Å²) in [7, 11) is 1.69. The van der Waals surface area contributed by atoms with Gasteiger partial charge in [-0.2, -0.15) is 0 Å². The summed E-state index contributed by atoms with van der Waals surface area (Å²) in [6.07, 6.45) is 1.98. The third-order valence-corrected chi connectivity index (χ3v) is 7.23. The topological polar surface area (TPSA) is 163 Å². The van der Waals surface area contributed by atoms with Crippen LogP contribution < -0.4 is 5.73 Å². The van der Waals surface area contributed by atoms with Gasteiger partial charge in [-0.3, -0.25) is 4.79 Å². The lowest BCUT2D eigenvalue weighted by atomic mass is 10.0. The highest BCUT2D eigenvalue weighted by Crippen LogP contribution is 2.29. The maximum Gasteiger partial charge on any atom is 0.404 e. The van der Waals surface area contributed by atoms with Gasteiger partial charge in [-0.05, 0) is 46.6 Å². The first kappa shape index (κ1) is 27.1. The second-order valence-corrected chi connectivity index (χ2v) is 10.5. The predicted octanol–water partition coefficient (Wildman–Crippen LogP) is 4.97. The zero-order valence-corrected chi connectivity index (χ0v) is 23.7. The Morgan fingerprint density at radius 1 is 1.12 bits per heavy atom. The minimum absolute atomic E-state index is 0.0974. The number of hydrogen-bond acceptors (Lipinski definition) is 11. The van der Waals surface area contributed by atoms with Gasteiger partial charge in [0, 0.05) is 30.0 Å². The fourth-order valence-corrected chi connectivity index (χ4v) is 5.29. The number of nitrogens with two attached hydrogens (primary N) is 1. The first-order valence-corrected chi connectivity index (χ1v) is 13.6. The zero-order valence-electron chi connectivity index (χ0n) is 21.3. The smallest absolute Gasteiger partial charge is 0.404 e. The van der Waals surface area contributed by atoms with Crippen LogP contribution in [0.25, 0.3) is 34.6 Å². The van der Waals surface area contributed by atoms with Gasteiger partial charge in [0.1, 0.15) is 33.4 Å². The van der Waals surface area contributed by atoms with E-state index in [1.807, 2.05) is 29.6 Å². The molecular formula is C26H22BrN7O5S. The van der Waals surface area contributed by atoms with Crippen molar-refractivity contribution in [3.05, 3.63) is 75.0 Å². The Hall–Kier alpha value is -4.43. The van der Waals surface area contributed by atoms with E-state index in [1.165, 1.54) is 23.8 Å². The van der Waals surface area contributed by atoms with Crippen molar-refractivity contribution < 1.29 is 23.2 Å². The Morgan fingerprint density at radius 3 is 2.58 bits per heavy atom. The lowest BCUT2D eigenvalue weighted by Crippen LogP contribution is -2.26. The number of aromatic nitrogens is 5. The van der Waals surface area contributed by atoms with E-state index >= 15 is 0 Å². The van der Waals surface area contributed by atoms with Crippen LogP contribution in [0.1, 0.15) is 27.9 Å². The van der Waals surface area contributed by atoms with E-state index in [1.54, 1.807) is 31.0 Å². The Kier molecular flexibility index (Phi) is 7.98. The SMILES string of the molecule is C[C@H](Cc1ccccc1-c1nnc(-c2cc(C(=O)N(C)Cc3nc(Br)cs3)cc(-c3ncco3)n2)o1)OC(N)=O. The molecule has 0 radical (unpaired) electrons.